The Kier molecular flexibility index (Phi) is 6.25. The zero-order valence-electron chi connectivity index (χ0n) is 14.6. The van der Waals surface area contributed by atoms with Crippen LogP contribution in [0, 0.1) is 17.0 Å². The zero-order chi connectivity index (χ0) is 19.1. The van der Waals surface area contributed by atoms with Crippen LogP contribution in [0.3, 0.4) is 0 Å². The minimum absolute atomic E-state index is 0.252. The minimum atomic E-state index is -0.594. The van der Waals surface area contributed by atoms with Gasteiger partial charge in [0.05, 0.1) is 19.9 Å². The van der Waals surface area contributed by atoms with Gasteiger partial charge in [0, 0.05) is 6.92 Å². The first-order valence-corrected chi connectivity index (χ1v) is 7.75. The summed E-state index contributed by atoms with van der Waals surface area (Å²) in [5.74, 6) is 0.763. The largest absolute Gasteiger partial charge is 0.493 e. The van der Waals surface area contributed by atoms with Crippen LogP contribution in [0.2, 0.25) is 0 Å². The molecular formula is C16H19N5O5. The molecule has 2 aromatic rings. The lowest BCUT2D eigenvalue weighted by Crippen LogP contribution is -2.24. The number of amides is 1. The smallest absolute Gasteiger partial charge is 0.343 e. The number of imidazole rings is 1. The van der Waals surface area contributed by atoms with Crippen molar-refractivity contribution in [2.75, 3.05) is 13.7 Å². The normalized spacial score (nSPS) is 10.7. The summed E-state index contributed by atoms with van der Waals surface area (Å²) in [6, 6.07) is 5.21. The molecule has 1 heterocycles. The van der Waals surface area contributed by atoms with E-state index in [9.17, 15) is 14.9 Å². The van der Waals surface area contributed by atoms with E-state index in [1.54, 1.807) is 25.1 Å². The van der Waals surface area contributed by atoms with Crippen LogP contribution >= 0.6 is 0 Å². The fourth-order valence-electron chi connectivity index (χ4n) is 2.19. The van der Waals surface area contributed by atoms with E-state index in [1.807, 2.05) is 6.92 Å². The van der Waals surface area contributed by atoms with Gasteiger partial charge in [-0.05, 0) is 35.6 Å². The molecule has 0 fully saturated rings. The van der Waals surface area contributed by atoms with Crippen molar-refractivity contribution >= 4 is 17.9 Å². The molecule has 0 radical (unpaired) electrons. The number of hydrogen-bond donors (Lipinski definition) is 1. The van der Waals surface area contributed by atoms with E-state index in [4.69, 9.17) is 9.47 Å². The van der Waals surface area contributed by atoms with Gasteiger partial charge in [0.2, 0.25) is 0 Å². The van der Waals surface area contributed by atoms with Gasteiger partial charge in [-0.2, -0.15) is 5.10 Å². The van der Waals surface area contributed by atoms with Crippen molar-refractivity contribution in [3.05, 3.63) is 45.9 Å². The Morgan fingerprint density at radius 1 is 1.46 bits per heavy atom. The van der Waals surface area contributed by atoms with Crippen molar-refractivity contribution in [3.63, 3.8) is 0 Å². The van der Waals surface area contributed by atoms with Gasteiger partial charge in [0.25, 0.3) is 5.91 Å². The second kappa shape index (κ2) is 8.60. The molecule has 0 aliphatic carbocycles. The molecule has 0 saturated heterocycles. The van der Waals surface area contributed by atoms with E-state index in [0.717, 1.165) is 6.20 Å². The molecule has 0 aliphatic heterocycles. The maximum absolute atomic E-state index is 11.9. The van der Waals surface area contributed by atoms with Gasteiger partial charge in [-0.15, -0.1) is 0 Å². The molecule has 1 N–H and O–H groups in total. The molecule has 1 aromatic heterocycles. The van der Waals surface area contributed by atoms with E-state index >= 15 is 0 Å². The highest BCUT2D eigenvalue weighted by Gasteiger charge is 2.19. The molecule has 2 rings (SSSR count). The Hall–Kier alpha value is -3.43. The third-order valence-corrected chi connectivity index (χ3v) is 3.41. The van der Waals surface area contributed by atoms with Crippen LogP contribution < -0.4 is 14.9 Å². The lowest BCUT2D eigenvalue weighted by atomic mass is 10.2. The minimum Gasteiger partial charge on any atom is -0.493 e. The molecule has 0 saturated carbocycles. The van der Waals surface area contributed by atoms with E-state index < -0.39 is 10.8 Å². The average molecular weight is 361 g/mol. The van der Waals surface area contributed by atoms with Crippen LogP contribution in [-0.4, -0.2) is 40.3 Å². The fraction of sp³-hybridized carbons (Fsp3) is 0.312. The molecule has 0 spiro atoms. The maximum Gasteiger partial charge on any atom is 0.343 e. The highest BCUT2D eigenvalue weighted by Crippen LogP contribution is 2.27. The fourth-order valence-corrected chi connectivity index (χ4v) is 2.19. The molecule has 0 unspecified atom stereocenters. The number of ether oxygens (including phenoxy) is 2. The number of aromatic nitrogens is 2. The molecule has 0 aliphatic rings. The lowest BCUT2D eigenvalue weighted by Gasteiger charge is -2.09. The summed E-state index contributed by atoms with van der Waals surface area (Å²) in [5, 5.41) is 14.8. The summed E-state index contributed by atoms with van der Waals surface area (Å²) in [6.07, 6.45) is 2.55. The number of carbonyl (C=O) groups is 1. The van der Waals surface area contributed by atoms with Gasteiger partial charge in [-0.3, -0.25) is 4.79 Å². The number of hydrazone groups is 1. The number of carbonyl (C=O) groups excluding carboxylic acids is 1. The number of methoxy groups -OCH3 is 1. The standard InChI is InChI=1S/C16H19N5O5/c1-4-26-13-6-5-12(7-14(13)25-3)8-18-19-15(22)10-20-11(2)17-9-16(20)21(23)24/h5-9H,4,10H2,1-3H3,(H,19,22)/b18-8-. The third-order valence-electron chi connectivity index (χ3n) is 3.41. The van der Waals surface area contributed by atoms with Gasteiger partial charge in [0.15, 0.2) is 23.9 Å². The number of nitro groups is 1. The number of hydrogen-bond acceptors (Lipinski definition) is 7. The number of rotatable bonds is 8. The van der Waals surface area contributed by atoms with Gasteiger partial charge in [-0.1, -0.05) is 0 Å². The predicted molar refractivity (Wildman–Crippen MR) is 93.5 cm³/mol. The summed E-state index contributed by atoms with van der Waals surface area (Å²) < 4.78 is 11.9. The maximum atomic E-state index is 11.9. The van der Waals surface area contributed by atoms with Crippen molar-refractivity contribution in [2.45, 2.75) is 20.4 Å². The Bertz CT molecular complexity index is 830. The van der Waals surface area contributed by atoms with Crippen LogP contribution in [-0.2, 0) is 11.3 Å². The summed E-state index contributed by atoms with van der Waals surface area (Å²) in [6.45, 7) is 3.71. The van der Waals surface area contributed by atoms with Crippen molar-refractivity contribution in [2.24, 2.45) is 5.10 Å². The summed E-state index contributed by atoms with van der Waals surface area (Å²) >= 11 is 0. The van der Waals surface area contributed by atoms with Gasteiger partial charge in [-0.25, -0.2) is 15.0 Å². The average Bonchev–Trinajstić information content (AvgIpc) is 2.97. The molecular weight excluding hydrogens is 342 g/mol. The van der Waals surface area contributed by atoms with Crippen LogP contribution in [0.1, 0.15) is 18.3 Å². The molecule has 10 heteroatoms. The van der Waals surface area contributed by atoms with Crippen LogP contribution in [0.5, 0.6) is 11.5 Å². The quantitative estimate of drug-likeness (QED) is 0.433. The molecule has 1 amide bonds. The topological polar surface area (TPSA) is 121 Å². The third kappa shape index (κ3) is 4.56. The van der Waals surface area contributed by atoms with Gasteiger partial charge in [0.1, 0.15) is 6.20 Å². The Morgan fingerprint density at radius 3 is 2.88 bits per heavy atom. The van der Waals surface area contributed by atoms with Crippen molar-refractivity contribution < 1.29 is 19.2 Å². The van der Waals surface area contributed by atoms with Crippen molar-refractivity contribution in [1.29, 1.82) is 0 Å². The highest BCUT2D eigenvalue weighted by molar-refractivity contribution is 5.83. The SMILES string of the molecule is CCOc1ccc(/C=N\NC(=O)Cn2c([N+](=O)[O-])cnc2C)cc1OC. The molecule has 138 valence electrons. The lowest BCUT2D eigenvalue weighted by molar-refractivity contribution is -0.392. The Labute approximate surface area is 149 Å². The van der Waals surface area contributed by atoms with E-state index in [2.05, 4.69) is 15.5 Å². The summed E-state index contributed by atoms with van der Waals surface area (Å²) in [4.78, 5) is 26.1. The van der Waals surface area contributed by atoms with Gasteiger partial charge < -0.3 is 19.6 Å². The first-order chi connectivity index (χ1) is 12.5. The second-order valence-corrected chi connectivity index (χ2v) is 5.14. The first kappa shape index (κ1) is 18.9. The van der Waals surface area contributed by atoms with Gasteiger partial charge >= 0.3 is 5.82 Å². The molecule has 0 atom stereocenters. The van der Waals surface area contributed by atoms with Crippen molar-refractivity contribution in [1.82, 2.24) is 15.0 Å². The van der Waals surface area contributed by atoms with Crippen LogP contribution in [0.4, 0.5) is 5.82 Å². The van der Waals surface area contributed by atoms with E-state index in [-0.39, 0.29) is 12.4 Å². The number of nitrogens with one attached hydrogen (secondary N) is 1. The van der Waals surface area contributed by atoms with E-state index in [1.165, 1.54) is 17.9 Å². The van der Waals surface area contributed by atoms with Crippen molar-refractivity contribution in [3.8, 4) is 11.5 Å². The molecule has 10 nitrogen and oxygen atoms in total. The predicted octanol–water partition coefficient (Wildman–Crippen LogP) is 1.66. The summed E-state index contributed by atoms with van der Waals surface area (Å²) in [5.41, 5.74) is 3.02. The second-order valence-electron chi connectivity index (χ2n) is 5.14. The Balaban J connectivity index is 2.01. The molecule has 0 bridgehead atoms. The Morgan fingerprint density at radius 2 is 2.23 bits per heavy atom. The molecule has 26 heavy (non-hydrogen) atoms. The molecule has 1 aromatic carbocycles. The number of aryl methyl sites for hydroxylation is 1. The highest BCUT2D eigenvalue weighted by atomic mass is 16.6. The number of nitrogens with zero attached hydrogens (tertiary/aromatic N) is 4. The van der Waals surface area contributed by atoms with Crippen LogP contribution in [0.25, 0.3) is 0 Å². The van der Waals surface area contributed by atoms with Crippen LogP contribution in [0.15, 0.2) is 29.5 Å². The first-order valence-electron chi connectivity index (χ1n) is 7.75. The zero-order valence-corrected chi connectivity index (χ0v) is 14.6. The monoisotopic (exact) mass is 361 g/mol. The summed E-state index contributed by atoms with van der Waals surface area (Å²) in [7, 11) is 1.53. The number of benzene rings is 1. The van der Waals surface area contributed by atoms with E-state index in [0.29, 0.717) is 29.5 Å².